The molecule has 5 heteroatoms. The van der Waals surface area contributed by atoms with Crippen molar-refractivity contribution in [2.45, 2.75) is 39.2 Å². The molecule has 1 saturated carbocycles. The van der Waals surface area contributed by atoms with Crippen LogP contribution in [0.2, 0.25) is 0 Å². The second kappa shape index (κ2) is 4.97. The Labute approximate surface area is 126 Å². The molecule has 5 nitrogen and oxygen atoms in total. The maximum absolute atomic E-state index is 12.7. The van der Waals surface area contributed by atoms with Crippen LogP contribution in [0.15, 0.2) is 0 Å². The summed E-state index contributed by atoms with van der Waals surface area (Å²) in [7, 11) is 2.18. The van der Waals surface area contributed by atoms with Gasteiger partial charge in [0.25, 0.3) is 0 Å². The SMILES string of the molecule is CN1CCCC2CN(C(=O)C3C(C(=O)O)C3(C)C)CCC21. The van der Waals surface area contributed by atoms with Crippen LogP contribution in [0, 0.1) is 23.2 Å². The zero-order valence-electron chi connectivity index (χ0n) is 13.2. The number of fused-ring (bicyclic) bond motifs is 1. The van der Waals surface area contributed by atoms with Crippen LogP contribution < -0.4 is 0 Å². The predicted octanol–water partition coefficient (Wildman–Crippen LogP) is 1.29. The van der Waals surface area contributed by atoms with Gasteiger partial charge in [0.1, 0.15) is 0 Å². The van der Waals surface area contributed by atoms with Crippen LogP contribution in [-0.4, -0.2) is 59.5 Å². The molecule has 0 aromatic rings. The van der Waals surface area contributed by atoms with Gasteiger partial charge in [-0.2, -0.15) is 0 Å². The molecule has 3 rings (SSSR count). The Morgan fingerprint density at radius 1 is 1.14 bits per heavy atom. The molecule has 0 aromatic heterocycles. The van der Waals surface area contributed by atoms with Gasteiger partial charge in [-0.25, -0.2) is 0 Å². The molecule has 1 amide bonds. The van der Waals surface area contributed by atoms with E-state index in [-0.39, 0.29) is 17.2 Å². The fourth-order valence-electron chi connectivity index (χ4n) is 4.61. The second-order valence-corrected chi connectivity index (χ2v) is 7.64. The Balaban J connectivity index is 1.66. The van der Waals surface area contributed by atoms with E-state index in [1.165, 1.54) is 12.8 Å². The maximum Gasteiger partial charge on any atom is 0.307 e. The van der Waals surface area contributed by atoms with Crippen LogP contribution in [0.1, 0.15) is 33.1 Å². The fraction of sp³-hybridized carbons (Fsp3) is 0.875. The van der Waals surface area contributed by atoms with Crippen molar-refractivity contribution in [3.05, 3.63) is 0 Å². The molecule has 1 N–H and O–H groups in total. The number of carbonyl (C=O) groups excluding carboxylic acids is 1. The van der Waals surface area contributed by atoms with Crippen molar-refractivity contribution in [3.8, 4) is 0 Å². The first-order valence-corrected chi connectivity index (χ1v) is 8.06. The van der Waals surface area contributed by atoms with Gasteiger partial charge in [-0.1, -0.05) is 13.8 Å². The number of piperidine rings is 2. The molecular formula is C16H26N2O3. The summed E-state index contributed by atoms with van der Waals surface area (Å²) in [5, 5.41) is 9.25. The molecule has 0 aromatic carbocycles. The topological polar surface area (TPSA) is 60.9 Å². The highest BCUT2D eigenvalue weighted by molar-refractivity contribution is 5.91. The van der Waals surface area contributed by atoms with E-state index in [0.717, 1.165) is 26.1 Å². The number of carboxylic acid groups (broad SMARTS) is 1. The van der Waals surface area contributed by atoms with Crippen LogP contribution in [0.3, 0.4) is 0 Å². The van der Waals surface area contributed by atoms with Crippen molar-refractivity contribution in [2.24, 2.45) is 23.2 Å². The number of likely N-dealkylation sites (tertiary alicyclic amines) is 2. The molecule has 2 aliphatic heterocycles. The van der Waals surface area contributed by atoms with Crippen molar-refractivity contribution in [1.29, 1.82) is 0 Å². The standard InChI is InChI=1S/C16H26N2O3/c1-16(2)12(13(16)15(20)21)14(19)18-8-6-11-10(9-18)5-4-7-17(11)3/h10-13H,4-9H2,1-3H3,(H,20,21). The molecule has 3 fully saturated rings. The van der Waals surface area contributed by atoms with E-state index in [4.69, 9.17) is 0 Å². The van der Waals surface area contributed by atoms with Crippen LogP contribution >= 0.6 is 0 Å². The molecular weight excluding hydrogens is 268 g/mol. The first-order valence-electron chi connectivity index (χ1n) is 8.06. The quantitative estimate of drug-likeness (QED) is 0.833. The number of aliphatic carboxylic acids is 1. The van der Waals surface area contributed by atoms with E-state index in [1.54, 1.807) is 0 Å². The third kappa shape index (κ3) is 2.35. The average Bonchev–Trinajstić information content (AvgIpc) is 3.01. The Bertz CT molecular complexity index is 462. The summed E-state index contributed by atoms with van der Waals surface area (Å²) in [5.74, 6) is -1.03. The number of carbonyl (C=O) groups is 2. The molecule has 118 valence electrons. The van der Waals surface area contributed by atoms with E-state index in [9.17, 15) is 14.7 Å². The highest BCUT2D eigenvalue weighted by Gasteiger charge is 2.66. The molecule has 2 saturated heterocycles. The number of hydrogen-bond donors (Lipinski definition) is 1. The minimum absolute atomic E-state index is 0.0686. The van der Waals surface area contributed by atoms with Gasteiger partial charge >= 0.3 is 5.97 Å². The van der Waals surface area contributed by atoms with E-state index >= 15 is 0 Å². The summed E-state index contributed by atoms with van der Waals surface area (Å²) < 4.78 is 0. The lowest BCUT2D eigenvalue weighted by molar-refractivity contribution is -0.143. The van der Waals surface area contributed by atoms with Gasteiger partial charge in [0.05, 0.1) is 11.8 Å². The highest BCUT2D eigenvalue weighted by Crippen LogP contribution is 2.59. The van der Waals surface area contributed by atoms with Crippen LogP contribution in [0.25, 0.3) is 0 Å². The summed E-state index contributed by atoms with van der Waals surface area (Å²) in [5.41, 5.74) is -0.386. The molecule has 21 heavy (non-hydrogen) atoms. The first kappa shape index (κ1) is 14.8. The number of nitrogens with zero attached hydrogens (tertiary/aromatic N) is 2. The minimum atomic E-state index is -0.828. The largest absolute Gasteiger partial charge is 0.481 e. The predicted molar refractivity (Wildman–Crippen MR) is 78.7 cm³/mol. The van der Waals surface area contributed by atoms with Crippen molar-refractivity contribution < 1.29 is 14.7 Å². The van der Waals surface area contributed by atoms with Crippen molar-refractivity contribution in [3.63, 3.8) is 0 Å². The summed E-state index contributed by atoms with van der Waals surface area (Å²) in [4.78, 5) is 28.3. The molecule has 2 heterocycles. The lowest BCUT2D eigenvalue weighted by atomic mass is 9.84. The average molecular weight is 294 g/mol. The number of rotatable bonds is 2. The molecule has 0 bridgehead atoms. The smallest absolute Gasteiger partial charge is 0.307 e. The van der Waals surface area contributed by atoms with Gasteiger partial charge in [-0.05, 0) is 44.2 Å². The molecule has 4 atom stereocenters. The summed E-state index contributed by atoms with van der Waals surface area (Å²) in [6.07, 6.45) is 3.42. The second-order valence-electron chi connectivity index (χ2n) is 7.64. The number of amides is 1. The zero-order valence-corrected chi connectivity index (χ0v) is 13.2. The van der Waals surface area contributed by atoms with Gasteiger partial charge in [-0.3, -0.25) is 9.59 Å². The van der Waals surface area contributed by atoms with E-state index in [2.05, 4.69) is 11.9 Å². The molecule has 0 radical (unpaired) electrons. The summed E-state index contributed by atoms with van der Waals surface area (Å²) in [6, 6.07) is 0.602. The number of hydrogen-bond acceptors (Lipinski definition) is 3. The lowest BCUT2D eigenvalue weighted by Gasteiger charge is -2.46. The number of carboxylic acids is 1. The Morgan fingerprint density at radius 2 is 1.86 bits per heavy atom. The van der Waals surface area contributed by atoms with Gasteiger partial charge in [0.15, 0.2) is 0 Å². The summed E-state index contributed by atoms with van der Waals surface area (Å²) in [6.45, 7) is 6.55. The van der Waals surface area contributed by atoms with E-state index in [0.29, 0.717) is 12.0 Å². The molecule has 0 spiro atoms. The van der Waals surface area contributed by atoms with Gasteiger partial charge in [0.2, 0.25) is 5.91 Å². The van der Waals surface area contributed by atoms with E-state index < -0.39 is 11.9 Å². The van der Waals surface area contributed by atoms with Gasteiger partial charge < -0.3 is 14.9 Å². The lowest BCUT2D eigenvalue weighted by Crippen LogP contribution is -2.54. The molecule has 1 aliphatic carbocycles. The van der Waals surface area contributed by atoms with Crippen LogP contribution in [-0.2, 0) is 9.59 Å². The molecule has 3 aliphatic rings. The molecule has 4 unspecified atom stereocenters. The van der Waals surface area contributed by atoms with Crippen LogP contribution in [0.4, 0.5) is 0 Å². The third-order valence-electron chi connectivity index (χ3n) is 6.02. The van der Waals surface area contributed by atoms with Crippen molar-refractivity contribution >= 4 is 11.9 Å². The Kier molecular flexibility index (Phi) is 3.51. The normalized spacial score (nSPS) is 38.7. The Hall–Kier alpha value is -1.10. The van der Waals surface area contributed by atoms with Crippen molar-refractivity contribution in [1.82, 2.24) is 9.80 Å². The van der Waals surface area contributed by atoms with Crippen LogP contribution in [0.5, 0.6) is 0 Å². The highest BCUT2D eigenvalue weighted by atomic mass is 16.4. The van der Waals surface area contributed by atoms with E-state index in [1.807, 2.05) is 18.7 Å². The zero-order chi connectivity index (χ0) is 15.4. The third-order valence-corrected chi connectivity index (χ3v) is 6.02. The summed E-state index contributed by atoms with van der Waals surface area (Å²) >= 11 is 0. The Morgan fingerprint density at radius 3 is 2.48 bits per heavy atom. The maximum atomic E-state index is 12.7. The van der Waals surface area contributed by atoms with Gasteiger partial charge in [-0.15, -0.1) is 0 Å². The first-order chi connectivity index (χ1) is 9.84. The minimum Gasteiger partial charge on any atom is -0.481 e. The fourth-order valence-corrected chi connectivity index (χ4v) is 4.61. The van der Waals surface area contributed by atoms with Gasteiger partial charge in [0, 0.05) is 19.1 Å². The monoisotopic (exact) mass is 294 g/mol. The van der Waals surface area contributed by atoms with Crippen molar-refractivity contribution in [2.75, 3.05) is 26.7 Å².